The van der Waals surface area contributed by atoms with E-state index in [2.05, 4.69) is 5.32 Å². The largest absolute Gasteiger partial charge is 0.321 e. The lowest BCUT2D eigenvalue weighted by Crippen LogP contribution is -2.12. The molecule has 3 aromatic rings. The van der Waals surface area contributed by atoms with Crippen LogP contribution in [-0.2, 0) is 15.6 Å². The van der Waals surface area contributed by atoms with Gasteiger partial charge in [0.05, 0.1) is 26.4 Å². The molecule has 4 nitrogen and oxygen atoms in total. The molecule has 0 unspecified atom stereocenters. The molecule has 1 N–H and O–H groups in total. The molecule has 0 saturated carbocycles. The SMILES string of the molecule is O=C(Nc1cccc(Cl)c1Cl)c1ccc(CS(=O)(=O)c2ccccc2)cc1. The van der Waals surface area contributed by atoms with E-state index < -0.39 is 9.84 Å². The maximum absolute atomic E-state index is 12.4. The number of amides is 1. The van der Waals surface area contributed by atoms with Crippen molar-refractivity contribution in [1.29, 1.82) is 0 Å². The Morgan fingerprint density at radius 1 is 0.852 bits per heavy atom. The Morgan fingerprint density at radius 2 is 1.52 bits per heavy atom. The molecule has 1 amide bonds. The van der Waals surface area contributed by atoms with Gasteiger partial charge < -0.3 is 5.32 Å². The number of halogens is 2. The molecular weight excluding hydrogens is 405 g/mol. The van der Waals surface area contributed by atoms with Gasteiger partial charge in [-0.15, -0.1) is 0 Å². The summed E-state index contributed by atoms with van der Waals surface area (Å²) in [6.45, 7) is 0. The topological polar surface area (TPSA) is 63.2 Å². The molecule has 0 fully saturated rings. The van der Waals surface area contributed by atoms with Gasteiger partial charge in [-0.05, 0) is 42.0 Å². The highest BCUT2D eigenvalue weighted by atomic mass is 35.5. The first kappa shape index (κ1) is 19.4. The van der Waals surface area contributed by atoms with Gasteiger partial charge in [0.2, 0.25) is 0 Å². The van der Waals surface area contributed by atoms with Crippen LogP contribution < -0.4 is 5.32 Å². The number of carbonyl (C=O) groups excluding carboxylic acids is 1. The molecule has 0 aliphatic carbocycles. The second-order valence-corrected chi connectivity index (χ2v) is 8.60. The Bertz CT molecular complexity index is 1070. The summed E-state index contributed by atoms with van der Waals surface area (Å²) < 4.78 is 24.8. The number of benzene rings is 3. The third-order valence-electron chi connectivity index (χ3n) is 3.87. The van der Waals surface area contributed by atoms with Crippen molar-refractivity contribution in [3.05, 3.63) is 94.0 Å². The number of hydrogen-bond donors (Lipinski definition) is 1. The minimum atomic E-state index is -3.44. The smallest absolute Gasteiger partial charge is 0.255 e. The number of anilines is 1. The quantitative estimate of drug-likeness (QED) is 0.616. The van der Waals surface area contributed by atoms with E-state index >= 15 is 0 Å². The van der Waals surface area contributed by atoms with Crippen molar-refractivity contribution < 1.29 is 13.2 Å². The van der Waals surface area contributed by atoms with Crippen LogP contribution in [0.1, 0.15) is 15.9 Å². The first-order valence-electron chi connectivity index (χ1n) is 7.99. The number of hydrogen-bond acceptors (Lipinski definition) is 3. The number of nitrogens with one attached hydrogen (secondary N) is 1. The maximum atomic E-state index is 12.4. The monoisotopic (exact) mass is 419 g/mol. The van der Waals surface area contributed by atoms with E-state index in [1.54, 1.807) is 72.8 Å². The van der Waals surface area contributed by atoms with Crippen molar-refractivity contribution in [3.8, 4) is 0 Å². The third-order valence-corrected chi connectivity index (χ3v) is 6.40. The highest BCUT2D eigenvalue weighted by Crippen LogP contribution is 2.29. The van der Waals surface area contributed by atoms with Crippen molar-refractivity contribution in [2.75, 3.05) is 5.32 Å². The van der Waals surface area contributed by atoms with Gasteiger partial charge in [0.1, 0.15) is 0 Å². The number of rotatable bonds is 5. The van der Waals surface area contributed by atoms with Gasteiger partial charge in [0.15, 0.2) is 9.84 Å². The zero-order valence-electron chi connectivity index (χ0n) is 14.0. The standard InChI is InChI=1S/C20H15Cl2NO3S/c21-17-7-4-8-18(19(17)22)23-20(24)15-11-9-14(10-12-15)13-27(25,26)16-5-2-1-3-6-16/h1-12H,13H2,(H,23,24). The molecule has 0 aliphatic heterocycles. The molecule has 138 valence electrons. The van der Waals surface area contributed by atoms with Crippen LogP contribution in [0.15, 0.2) is 77.7 Å². The average molecular weight is 420 g/mol. The average Bonchev–Trinajstić information content (AvgIpc) is 2.66. The van der Waals surface area contributed by atoms with Gasteiger partial charge in [-0.2, -0.15) is 0 Å². The molecule has 0 radical (unpaired) electrons. The van der Waals surface area contributed by atoms with Crippen molar-refractivity contribution in [2.45, 2.75) is 10.6 Å². The van der Waals surface area contributed by atoms with Gasteiger partial charge in [0, 0.05) is 5.56 Å². The fourth-order valence-electron chi connectivity index (χ4n) is 2.48. The van der Waals surface area contributed by atoms with Crippen molar-refractivity contribution in [2.24, 2.45) is 0 Å². The van der Waals surface area contributed by atoms with Gasteiger partial charge >= 0.3 is 0 Å². The predicted molar refractivity (Wildman–Crippen MR) is 108 cm³/mol. The van der Waals surface area contributed by atoms with E-state index in [0.717, 1.165) is 0 Å². The number of sulfone groups is 1. The summed E-state index contributed by atoms with van der Waals surface area (Å²) in [5.41, 5.74) is 1.38. The lowest BCUT2D eigenvalue weighted by molar-refractivity contribution is 0.102. The minimum absolute atomic E-state index is 0.140. The van der Waals surface area contributed by atoms with Crippen molar-refractivity contribution in [3.63, 3.8) is 0 Å². The molecular formula is C20H15Cl2NO3S. The normalized spacial score (nSPS) is 11.2. The molecule has 0 atom stereocenters. The van der Waals surface area contributed by atoms with E-state index in [1.807, 2.05) is 0 Å². The second kappa shape index (κ2) is 8.13. The molecule has 27 heavy (non-hydrogen) atoms. The Labute approximate surface area is 167 Å². The fourth-order valence-corrected chi connectivity index (χ4v) is 4.20. The summed E-state index contributed by atoms with van der Waals surface area (Å²) in [5.74, 6) is -0.504. The zero-order chi connectivity index (χ0) is 19.4. The fraction of sp³-hybridized carbons (Fsp3) is 0.0500. The molecule has 0 spiro atoms. The van der Waals surface area contributed by atoms with Crippen LogP contribution in [-0.4, -0.2) is 14.3 Å². The van der Waals surface area contributed by atoms with Crippen LogP contribution in [0.25, 0.3) is 0 Å². The van der Waals surface area contributed by atoms with Gasteiger partial charge in [0.25, 0.3) is 5.91 Å². The third kappa shape index (κ3) is 4.69. The van der Waals surface area contributed by atoms with Crippen LogP contribution in [0, 0.1) is 0 Å². The van der Waals surface area contributed by atoms with Crippen LogP contribution in [0.4, 0.5) is 5.69 Å². The van der Waals surface area contributed by atoms with Crippen LogP contribution in [0.3, 0.4) is 0 Å². The summed E-state index contributed by atoms with van der Waals surface area (Å²) in [6.07, 6.45) is 0. The van der Waals surface area contributed by atoms with E-state index in [-0.39, 0.29) is 21.6 Å². The zero-order valence-corrected chi connectivity index (χ0v) is 16.4. The Balaban J connectivity index is 1.73. The highest BCUT2D eigenvalue weighted by Gasteiger charge is 2.15. The maximum Gasteiger partial charge on any atom is 0.255 e. The molecule has 0 bridgehead atoms. The molecule has 7 heteroatoms. The molecule has 0 aromatic heterocycles. The van der Waals surface area contributed by atoms with Crippen molar-refractivity contribution in [1.82, 2.24) is 0 Å². The Morgan fingerprint density at radius 3 is 2.19 bits per heavy atom. The summed E-state index contributed by atoms with van der Waals surface area (Å²) in [5, 5.41) is 3.29. The first-order valence-corrected chi connectivity index (χ1v) is 10.4. The molecule has 0 saturated heterocycles. The van der Waals surface area contributed by atoms with E-state index in [1.165, 1.54) is 0 Å². The van der Waals surface area contributed by atoms with Crippen molar-refractivity contribution >= 4 is 44.6 Å². The van der Waals surface area contributed by atoms with Gasteiger partial charge in [-0.1, -0.05) is 59.6 Å². The summed E-state index contributed by atoms with van der Waals surface area (Å²) >= 11 is 12.0. The molecule has 3 aromatic carbocycles. The Kier molecular flexibility index (Phi) is 5.85. The molecule has 0 heterocycles. The van der Waals surface area contributed by atoms with Gasteiger partial charge in [-0.3, -0.25) is 4.79 Å². The van der Waals surface area contributed by atoms with E-state index in [9.17, 15) is 13.2 Å². The highest BCUT2D eigenvalue weighted by molar-refractivity contribution is 7.90. The van der Waals surface area contributed by atoms with Crippen LogP contribution in [0.2, 0.25) is 10.0 Å². The molecule has 3 rings (SSSR count). The van der Waals surface area contributed by atoms with E-state index in [0.29, 0.717) is 21.8 Å². The summed E-state index contributed by atoms with van der Waals surface area (Å²) in [7, 11) is -3.44. The summed E-state index contributed by atoms with van der Waals surface area (Å²) in [6, 6.07) is 19.6. The lowest BCUT2D eigenvalue weighted by atomic mass is 10.1. The number of carbonyl (C=O) groups is 1. The van der Waals surface area contributed by atoms with Gasteiger partial charge in [-0.25, -0.2) is 8.42 Å². The summed E-state index contributed by atoms with van der Waals surface area (Å²) in [4.78, 5) is 12.6. The minimum Gasteiger partial charge on any atom is -0.321 e. The lowest BCUT2D eigenvalue weighted by Gasteiger charge is -2.09. The second-order valence-electron chi connectivity index (χ2n) is 5.82. The molecule has 0 aliphatic rings. The first-order chi connectivity index (χ1) is 12.9. The van der Waals surface area contributed by atoms with E-state index in [4.69, 9.17) is 23.2 Å². The van der Waals surface area contributed by atoms with Crippen LogP contribution >= 0.6 is 23.2 Å². The predicted octanol–water partition coefficient (Wildman–Crippen LogP) is 5.22. The van der Waals surface area contributed by atoms with Crippen LogP contribution in [0.5, 0.6) is 0 Å². The Hall–Kier alpha value is -2.34.